The minimum atomic E-state index is -0.653. The van der Waals surface area contributed by atoms with Crippen LogP contribution in [0, 0.1) is 17.1 Å². The topological polar surface area (TPSA) is 87.9 Å². The Kier molecular flexibility index (Phi) is 5.70. The molecule has 2 aromatic heterocycles. The molecule has 0 saturated heterocycles. The van der Waals surface area contributed by atoms with Gasteiger partial charge in [0.2, 0.25) is 11.8 Å². The number of carbonyl (C=O) groups excluding carboxylic acids is 1. The van der Waals surface area contributed by atoms with Crippen molar-refractivity contribution in [3.05, 3.63) is 76.1 Å². The van der Waals surface area contributed by atoms with Crippen LogP contribution >= 0.6 is 27.3 Å². The molecule has 9 heteroatoms. The van der Waals surface area contributed by atoms with E-state index in [2.05, 4.69) is 31.2 Å². The van der Waals surface area contributed by atoms with E-state index in [0.29, 0.717) is 10.7 Å². The van der Waals surface area contributed by atoms with Crippen molar-refractivity contribution in [3.63, 3.8) is 0 Å². The number of anilines is 1. The fourth-order valence-corrected chi connectivity index (χ4v) is 3.91. The molecule has 0 unspecified atom stereocenters. The summed E-state index contributed by atoms with van der Waals surface area (Å²) in [4.78, 5) is 20.7. The first-order valence-electron chi connectivity index (χ1n) is 8.69. The van der Waals surface area contributed by atoms with E-state index in [-0.39, 0.29) is 29.5 Å². The normalized spacial score (nSPS) is 10.6. The molecule has 0 saturated carbocycles. The van der Waals surface area contributed by atoms with Crippen molar-refractivity contribution < 1.29 is 13.9 Å². The minimum absolute atomic E-state index is 0.0202. The SMILES string of the molecule is N#Cc1cccnc1Oc1ccc(CC(=O)Nc2nc3cc(Br)ccc3s2)cc1F. The van der Waals surface area contributed by atoms with Crippen molar-refractivity contribution >= 4 is 48.5 Å². The van der Waals surface area contributed by atoms with Gasteiger partial charge in [0.15, 0.2) is 16.7 Å². The van der Waals surface area contributed by atoms with Gasteiger partial charge in [-0.3, -0.25) is 4.79 Å². The Morgan fingerprint density at radius 2 is 2.13 bits per heavy atom. The van der Waals surface area contributed by atoms with Crippen LogP contribution in [0.15, 0.2) is 59.2 Å². The van der Waals surface area contributed by atoms with Crippen LogP contribution in [0.4, 0.5) is 9.52 Å². The summed E-state index contributed by atoms with van der Waals surface area (Å²) in [6, 6.07) is 15.0. The first kappa shape index (κ1) is 19.9. The summed E-state index contributed by atoms with van der Waals surface area (Å²) in [6.07, 6.45) is 1.43. The van der Waals surface area contributed by atoms with Crippen LogP contribution in [0.2, 0.25) is 0 Å². The molecule has 0 aliphatic carbocycles. The molecule has 4 rings (SSSR count). The molecule has 0 aliphatic heterocycles. The number of hydrogen-bond donors (Lipinski definition) is 1. The summed E-state index contributed by atoms with van der Waals surface area (Å²) < 4.78 is 21.7. The van der Waals surface area contributed by atoms with Gasteiger partial charge < -0.3 is 10.1 Å². The molecule has 30 heavy (non-hydrogen) atoms. The van der Waals surface area contributed by atoms with Gasteiger partial charge in [0, 0.05) is 10.7 Å². The van der Waals surface area contributed by atoms with Gasteiger partial charge in [0.05, 0.1) is 16.6 Å². The van der Waals surface area contributed by atoms with Crippen LogP contribution < -0.4 is 10.1 Å². The zero-order valence-electron chi connectivity index (χ0n) is 15.2. The number of nitriles is 1. The Morgan fingerprint density at radius 3 is 2.93 bits per heavy atom. The smallest absolute Gasteiger partial charge is 0.237 e. The molecule has 1 N–H and O–H groups in total. The number of rotatable bonds is 5. The number of benzene rings is 2. The van der Waals surface area contributed by atoms with Crippen molar-refractivity contribution in [1.82, 2.24) is 9.97 Å². The van der Waals surface area contributed by atoms with E-state index in [1.807, 2.05) is 24.3 Å². The number of nitrogens with zero attached hydrogens (tertiary/aromatic N) is 3. The minimum Gasteiger partial charge on any atom is -0.435 e. The van der Waals surface area contributed by atoms with Crippen LogP contribution in [0.25, 0.3) is 10.2 Å². The van der Waals surface area contributed by atoms with Crippen molar-refractivity contribution in [2.45, 2.75) is 6.42 Å². The van der Waals surface area contributed by atoms with Crippen LogP contribution in [-0.2, 0) is 11.2 Å². The van der Waals surface area contributed by atoms with E-state index >= 15 is 0 Å². The fraction of sp³-hybridized carbons (Fsp3) is 0.0476. The number of aromatic nitrogens is 2. The lowest BCUT2D eigenvalue weighted by Gasteiger charge is -2.08. The molecule has 6 nitrogen and oxygen atoms in total. The van der Waals surface area contributed by atoms with Gasteiger partial charge >= 0.3 is 0 Å². The number of amides is 1. The molecule has 0 radical (unpaired) electrons. The third kappa shape index (κ3) is 4.45. The maximum absolute atomic E-state index is 14.4. The summed E-state index contributed by atoms with van der Waals surface area (Å²) in [5.41, 5.74) is 1.45. The molecule has 2 heterocycles. The number of ether oxygens (including phenoxy) is 1. The molecular formula is C21H12BrFN4O2S. The lowest BCUT2D eigenvalue weighted by atomic mass is 10.1. The predicted octanol–water partition coefficient (Wildman–Crippen LogP) is 5.44. The lowest BCUT2D eigenvalue weighted by Crippen LogP contribution is -2.14. The van der Waals surface area contributed by atoms with Gasteiger partial charge in [-0.25, -0.2) is 14.4 Å². The average Bonchev–Trinajstić information content (AvgIpc) is 3.11. The Labute approximate surface area is 183 Å². The highest BCUT2D eigenvalue weighted by Gasteiger charge is 2.13. The molecular weight excluding hydrogens is 471 g/mol. The summed E-state index contributed by atoms with van der Waals surface area (Å²) in [5.74, 6) is -1.02. The maximum Gasteiger partial charge on any atom is 0.237 e. The van der Waals surface area contributed by atoms with Crippen molar-refractivity contribution in [1.29, 1.82) is 5.26 Å². The Bertz CT molecular complexity index is 1300. The van der Waals surface area contributed by atoms with Gasteiger partial charge in [0.1, 0.15) is 11.6 Å². The first-order valence-corrected chi connectivity index (χ1v) is 10.3. The van der Waals surface area contributed by atoms with Gasteiger partial charge in [-0.2, -0.15) is 5.26 Å². The second-order valence-corrected chi connectivity index (χ2v) is 8.14. The zero-order valence-corrected chi connectivity index (χ0v) is 17.6. The van der Waals surface area contributed by atoms with Gasteiger partial charge in [-0.15, -0.1) is 0 Å². The van der Waals surface area contributed by atoms with E-state index in [4.69, 9.17) is 10.00 Å². The quantitative estimate of drug-likeness (QED) is 0.409. The number of carbonyl (C=O) groups is 1. The highest BCUT2D eigenvalue weighted by Crippen LogP contribution is 2.29. The molecule has 0 bridgehead atoms. The third-order valence-electron chi connectivity index (χ3n) is 4.06. The standard InChI is InChI=1S/C21H12BrFN4O2S/c22-14-4-6-18-16(10-14)26-21(30-18)27-19(28)9-12-3-5-17(15(23)8-12)29-20-13(11-24)2-1-7-25-20/h1-8,10H,9H2,(H,26,27,28). The summed E-state index contributed by atoms with van der Waals surface area (Å²) >= 11 is 4.75. The Hall–Kier alpha value is -3.35. The molecule has 4 aromatic rings. The zero-order chi connectivity index (χ0) is 21.1. The molecule has 0 aliphatic rings. The fourth-order valence-electron chi connectivity index (χ4n) is 2.70. The summed E-state index contributed by atoms with van der Waals surface area (Å²) in [6.45, 7) is 0. The molecule has 0 atom stereocenters. The van der Waals surface area contributed by atoms with Crippen molar-refractivity contribution in [3.8, 4) is 17.7 Å². The van der Waals surface area contributed by atoms with Crippen molar-refractivity contribution in [2.24, 2.45) is 0 Å². The summed E-state index contributed by atoms with van der Waals surface area (Å²) in [5, 5.41) is 12.3. The van der Waals surface area contributed by atoms with E-state index in [9.17, 15) is 9.18 Å². The number of fused-ring (bicyclic) bond motifs is 1. The van der Waals surface area contributed by atoms with Crippen LogP contribution in [-0.4, -0.2) is 15.9 Å². The number of nitrogens with one attached hydrogen (secondary N) is 1. The Balaban J connectivity index is 1.45. The van der Waals surface area contributed by atoms with Crippen LogP contribution in [0.1, 0.15) is 11.1 Å². The molecule has 0 fully saturated rings. The number of pyridine rings is 1. The second-order valence-electron chi connectivity index (χ2n) is 6.19. The van der Waals surface area contributed by atoms with Crippen molar-refractivity contribution in [2.75, 3.05) is 5.32 Å². The van der Waals surface area contributed by atoms with E-state index < -0.39 is 5.82 Å². The highest BCUT2D eigenvalue weighted by molar-refractivity contribution is 9.10. The Morgan fingerprint density at radius 1 is 1.27 bits per heavy atom. The second kappa shape index (κ2) is 8.57. The molecule has 2 aromatic carbocycles. The van der Waals surface area contributed by atoms with E-state index in [1.165, 1.54) is 35.7 Å². The molecule has 1 amide bonds. The third-order valence-corrected chi connectivity index (χ3v) is 5.50. The van der Waals surface area contributed by atoms with Gasteiger partial charge in [-0.1, -0.05) is 33.3 Å². The monoisotopic (exact) mass is 482 g/mol. The first-order chi connectivity index (χ1) is 14.5. The largest absolute Gasteiger partial charge is 0.435 e. The number of hydrogen-bond acceptors (Lipinski definition) is 6. The van der Waals surface area contributed by atoms with Crippen LogP contribution in [0.3, 0.4) is 0 Å². The van der Waals surface area contributed by atoms with E-state index in [1.54, 1.807) is 12.1 Å². The van der Waals surface area contributed by atoms with Gasteiger partial charge in [-0.05, 0) is 48.0 Å². The number of halogens is 2. The lowest BCUT2D eigenvalue weighted by molar-refractivity contribution is -0.115. The predicted molar refractivity (Wildman–Crippen MR) is 115 cm³/mol. The van der Waals surface area contributed by atoms with Gasteiger partial charge in [0.25, 0.3) is 0 Å². The highest BCUT2D eigenvalue weighted by atomic mass is 79.9. The van der Waals surface area contributed by atoms with E-state index in [0.717, 1.165) is 14.7 Å². The average molecular weight is 483 g/mol. The maximum atomic E-state index is 14.4. The summed E-state index contributed by atoms with van der Waals surface area (Å²) in [7, 11) is 0. The van der Waals surface area contributed by atoms with Crippen LogP contribution in [0.5, 0.6) is 11.6 Å². The molecule has 148 valence electrons. The molecule has 0 spiro atoms. The number of thiazole rings is 1.